The highest BCUT2D eigenvalue weighted by molar-refractivity contribution is 9.10. The summed E-state index contributed by atoms with van der Waals surface area (Å²) in [5.41, 5.74) is 0.990. The lowest BCUT2D eigenvalue weighted by Crippen LogP contribution is -2.51. The lowest BCUT2D eigenvalue weighted by molar-refractivity contribution is 0.471. The van der Waals surface area contributed by atoms with Crippen molar-refractivity contribution in [3.63, 3.8) is 0 Å². The van der Waals surface area contributed by atoms with Crippen LogP contribution in [0.25, 0.3) is 0 Å². The zero-order chi connectivity index (χ0) is 13.1. The first kappa shape index (κ1) is 12.4. The van der Waals surface area contributed by atoms with Crippen molar-refractivity contribution in [1.29, 1.82) is 0 Å². The number of hydrogen-bond donors (Lipinski definition) is 3. The quantitative estimate of drug-likeness (QED) is 0.807. The van der Waals surface area contributed by atoms with Gasteiger partial charge in [-0.05, 0) is 18.2 Å². The number of halogens is 1. The van der Waals surface area contributed by atoms with Gasteiger partial charge in [0.15, 0.2) is 0 Å². The number of nitrogens with zero attached hydrogens (tertiary/aromatic N) is 2. The number of rotatable bonds is 4. The number of aromatic nitrogens is 2. The predicted molar refractivity (Wildman–Crippen MR) is 79.7 cm³/mol. The third-order valence-electron chi connectivity index (χ3n) is 2.90. The maximum absolute atomic E-state index is 4.22. The molecule has 0 aliphatic carbocycles. The van der Waals surface area contributed by atoms with Crippen LogP contribution in [0.5, 0.6) is 0 Å². The Morgan fingerprint density at radius 3 is 2.74 bits per heavy atom. The van der Waals surface area contributed by atoms with Crippen LogP contribution in [0.1, 0.15) is 0 Å². The molecule has 0 saturated carbocycles. The highest BCUT2D eigenvalue weighted by Gasteiger charge is 2.16. The van der Waals surface area contributed by atoms with E-state index in [-0.39, 0.29) is 0 Å². The Labute approximate surface area is 120 Å². The number of hydrogen-bond acceptors (Lipinski definition) is 5. The molecule has 0 atom stereocenters. The van der Waals surface area contributed by atoms with Crippen LogP contribution in [-0.2, 0) is 0 Å². The van der Waals surface area contributed by atoms with E-state index in [1.165, 1.54) is 0 Å². The van der Waals surface area contributed by atoms with Gasteiger partial charge in [-0.15, -0.1) is 0 Å². The first-order valence-electron chi connectivity index (χ1n) is 6.11. The van der Waals surface area contributed by atoms with Crippen LogP contribution in [0.15, 0.2) is 41.1 Å². The van der Waals surface area contributed by atoms with Crippen molar-refractivity contribution in [3.8, 4) is 0 Å². The second kappa shape index (κ2) is 5.54. The summed E-state index contributed by atoms with van der Waals surface area (Å²) in [4.78, 5) is 8.44. The molecule has 1 aromatic heterocycles. The molecule has 6 heteroatoms. The summed E-state index contributed by atoms with van der Waals surface area (Å²) in [6, 6.07) is 10.3. The van der Waals surface area contributed by atoms with Crippen LogP contribution in [0.2, 0.25) is 0 Å². The highest BCUT2D eigenvalue weighted by atomic mass is 79.9. The summed E-state index contributed by atoms with van der Waals surface area (Å²) in [6.45, 7) is 1.97. The van der Waals surface area contributed by atoms with Crippen molar-refractivity contribution in [2.75, 3.05) is 23.7 Å². The molecule has 1 aromatic carbocycles. The molecular formula is C13H14BrN5. The van der Waals surface area contributed by atoms with Crippen molar-refractivity contribution >= 4 is 33.3 Å². The van der Waals surface area contributed by atoms with Gasteiger partial charge in [0.2, 0.25) is 0 Å². The van der Waals surface area contributed by atoms with Gasteiger partial charge < -0.3 is 16.0 Å². The Balaban J connectivity index is 1.71. The van der Waals surface area contributed by atoms with Crippen LogP contribution in [-0.4, -0.2) is 29.1 Å². The van der Waals surface area contributed by atoms with E-state index in [0.29, 0.717) is 6.04 Å². The summed E-state index contributed by atoms with van der Waals surface area (Å²) in [5.74, 6) is 1.63. The smallest absolute Gasteiger partial charge is 0.135 e. The van der Waals surface area contributed by atoms with E-state index in [2.05, 4.69) is 41.8 Å². The molecule has 0 unspecified atom stereocenters. The van der Waals surface area contributed by atoms with E-state index < -0.39 is 0 Å². The van der Waals surface area contributed by atoms with Gasteiger partial charge in [-0.25, -0.2) is 9.97 Å². The van der Waals surface area contributed by atoms with Crippen LogP contribution in [0.3, 0.4) is 0 Å². The fraction of sp³-hybridized carbons (Fsp3) is 0.231. The van der Waals surface area contributed by atoms with E-state index >= 15 is 0 Å². The summed E-state index contributed by atoms with van der Waals surface area (Å²) in [5, 5.41) is 9.83. The van der Waals surface area contributed by atoms with Crippen molar-refractivity contribution in [2.24, 2.45) is 0 Å². The third-order valence-corrected chi connectivity index (χ3v) is 3.39. The second-order valence-electron chi connectivity index (χ2n) is 4.42. The van der Waals surface area contributed by atoms with E-state index in [1.807, 2.05) is 30.3 Å². The average Bonchev–Trinajstić information content (AvgIpc) is 2.34. The number of anilines is 3. The molecule has 3 N–H and O–H groups in total. The van der Waals surface area contributed by atoms with E-state index in [0.717, 1.165) is 34.9 Å². The van der Waals surface area contributed by atoms with Gasteiger partial charge in [0.25, 0.3) is 0 Å². The summed E-state index contributed by atoms with van der Waals surface area (Å²) in [7, 11) is 0. The number of benzene rings is 1. The number of nitrogens with one attached hydrogen (secondary N) is 3. The Bertz CT molecular complexity index is 570. The molecule has 1 fully saturated rings. The van der Waals surface area contributed by atoms with Crippen molar-refractivity contribution < 1.29 is 0 Å². The van der Waals surface area contributed by atoms with Gasteiger partial charge in [-0.3, -0.25) is 0 Å². The van der Waals surface area contributed by atoms with E-state index in [9.17, 15) is 0 Å². The Hall–Kier alpha value is -1.66. The van der Waals surface area contributed by atoms with E-state index in [1.54, 1.807) is 6.33 Å². The minimum absolute atomic E-state index is 0.466. The molecule has 0 spiro atoms. The lowest BCUT2D eigenvalue weighted by atomic mass is 10.2. The van der Waals surface area contributed by atoms with Crippen molar-refractivity contribution in [3.05, 3.63) is 41.1 Å². The normalized spacial score (nSPS) is 14.8. The molecule has 1 aliphatic heterocycles. The summed E-state index contributed by atoms with van der Waals surface area (Å²) in [6.07, 6.45) is 1.56. The molecule has 0 bridgehead atoms. The topological polar surface area (TPSA) is 61.9 Å². The monoisotopic (exact) mass is 319 g/mol. The SMILES string of the molecule is Brc1cccc(Nc2cc(NC3CNC3)ncn2)c1. The van der Waals surface area contributed by atoms with Gasteiger partial charge >= 0.3 is 0 Å². The van der Waals surface area contributed by atoms with Crippen molar-refractivity contribution in [1.82, 2.24) is 15.3 Å². The molecule has 5 nitrogen and oxygen atoms in total. The summed E-state index contributed by atoms with van der Waals surface area (Å²) >= 11 is 3.45. The molecule has 2 heterocycles. The van der Waals surface area contributed by atoms with Gasteiger partial charge in [-0.2, -0.15) is 0 Å². The lowest BCUT2D eigenvalue weighted by Gasteiger charge is -2.28. The van der Waals surface area contributed by atoms with Crippen LogP contribution >= 0.6 is 15.9 Å². The molecule has 0 radical (unpaired) electrons. The summed E-state index contributed by atoms with van der Waals surface area (Å²) < 4.78 is 1.03. The van der Waals surface area contributed by atoms with Gasteiger partial charge in [0.1, 0.15) is 18.0 Å². The second-order valence-corrected chi connectivity index (χ2v) is 5.34. The van der Waals surface area contributed by atoms with Crippen molar-refractivity contribution in [2.45, 2.75) is 6.04 Å². The standard InChI is InChI=1S/C13H14BrN5/c14-9-2-1-3-10(4-9)18-12-5-13(17-8-16-12)19-11-6-15-7-11/h1-5,8,11,15H,6-7H2,(H2,16,17,18,19). The fourth-order valence-electron chi connectivity index (χ4n) is 1.82. The fourth-order valence-corrected chi connectivity index (χ4v) is 2.22. The van der Waals surface area contributed by atoms with Crippen LogP contribution in [0.4, 0.5) is 17.3 Å². The molecule has 3 rings (SSSR count). The first-order valence-corrected chi connectivity index (χ1v) is 6.91. The van der Waals surface area contributed by atoms with Gasteiger partial charge in [0.05, 0.1) is 6.04 Å². The highest BCUT2D eigenvalue weighted by Crippen LogP contribution is 2.20. The largest absolute Gasteiger partial charge is 0.365 e. The Morgan fingerprint density at radius 2 is 2.00 bits per heavy atom. The molecule has 19 heavy (non-hydrogen) atoms. The minimum atomic E-state index is 0.466. The zero-order valence-corrected chi connectivity index (χ0v) is 11.8. The van der Waals surface area contributed by atoms with Crippen LogP contribution < -0.4 is 16.0 Å². The Morgan fingerprint density at radius 1 is 1.16 bits per heavy atom. The third kappa shape index (κ3) is 3.21. The minimum Gasteiger partial charge on any atom is -0.365 e. The molecule has 1 saturated heterocycles. The maximum atomic E-state index is 4.22. The first-order chi connectivity index (χ1) is 9.29. The van der Waals surface area contributed by atoms with Gasteiger partial charge in [-0.1, -0.05) is 22.0 Å². The molecule has 1 aliphatic rings. The maximum Gasteiger partial charge on any atom is 0.135 e. The predicted octanol–water partition coefficient (Wildman–Crippen LogP) is 2.37. The Kier molecular flexibility index (Phi) is 3.61. The zero-order valence-electron chi connectivity index (χ0n) is 10.2. The van der Waals surface area contributed by atoms with E-state index in [4.69, 9.17) is 0 Å². The molecule has 98 valence electrons. The molecule has 0 amide bonds. The average molecular weight is 320 g/mol. The molecular weight excluding hydrogens is 306 g/mol. The van der Waals surface area contributed by atoms with Gasteiger partial charge in [0, 0.05) is 29.3 Å². The molecule has 2 aromatic rings. The van der Waals surface area contributed by atoms with Crippen LogP contribution in [0, 0.1) is 0 Å².